The Morgan fingerprint density at radius 2 is 1.59 bits per heavy atom. The Morgan fingerprint density at radius 3 is 2.28 bits per heavy atom. The van der Waals surface area contributed by atoms with E-state index in [1.165, 1.54) is 10.9 Å². The molecule has 4 heteroatoms. The molecule has 0 aliphatic rings. The Kier molecular flexibility index (Phi) is 7.83. The molecule has 0 fully saturated rings. The van der Waals surface area contributed by atoms with Gasteiger partial charge in [0.25, 0.3) is 0 Å². The maximum absolute atomic E-state index is 10.5. The van der Waals surface area contributed by atoms with E-state index in [0.717, 1.165) is 23.2 Å². The maximum Gasteiger partial charge on any atom is 0.120 e. The number of nitrogens with one attached hydrogen (secondary N) is 1. The average molecular weight is 407 g/mol. The first-order valence-corrected chi connectivity index (χ1v) is 11.3. The van der Waals surface area contributed by atoms with Crippen molar-refractivity contribution in [3.63, 3.8) is 0 Å². The highest BCUT2D eigenvalue weighted by molar-refractivity contribution is 7.47. The minimum atomic E-state index is -0.497. The van der Waals surface area contributed by atoms with E-state index in [2.05, 4.69) is 41.7 Å². The van der Waals surface area contributed by atoms with Crippen LogP contribution in [-0.4, -0.2) is 23.5 Å². The van der Waals surface area contributed by atoms with Crippen molar-refractivity contribution in [3.05, 3.63) is 84.4 Å². The summed E-state index contributed by atoms with van der Waals surface area (Å²) in [7, 11) is 0.649. The molecule has 29 heavy (non-hydrogen) atoms. The van der Waals surface area contributed by atoms with Gasteiger partial charge in [-0.15, -0.1) is 0 Å². The molecular weight excluding hydrogens is 377 g/mol. The van der Waals surface area contributed by atoms with Gasteiger partial charge in [0.05, 0.1) is 12.2 Å². The molecule has 0 radical (unpaired) electrons. The smallest absolute Gasteiger partial charge is 0.120 e. The second-order valence-corrected chi connectivity index (χ2v) is 8.76. The van der Waals surface area contributed by atoms with Gasteiger partial charge in [0.15, 0.2) is 0 Å². The summed E-state index contributed by atoms with van der Waals surface area (Å²) in [6, 6.07) is 26.7. The van der Waals surface area contributed by atoms with E-state index in [9.17, 15) is 5.11 Å². The molecule has 0 aliphatic carbocycles. The van der Waals surface area contributed by atoms with Crippen LogP contribution < -0.4 is 15.4 Å². The highest BCUT2D eigenvalue weighted by atomic mass is 31.1. The van der Waals surface area contributed by atoms with Crippen molar-refractivity contribution in [3.8, 4) is 16.9 Å². The maximum atomic E-state index is 10.5. The summed E-state index contributed by atoms with van der Waals surface area (Å²) in [4.78, 5) is 0. The van der Waals surface area contributed by atoms with Crippen LogP contribution in [0.1, 0.15) is 32.4 Å². The quantitative estimate of drug-likeness (QED) is 0.484. The number of aliphatic hydroxyl groups excluding tert-OH is 1. The molecule has 3 aromatic rings. The molecule has 0 aliphatic heterocycles. The normalized spacial score (nSPS) is 13.7. The predicted octanol–water partition coefficient (Wildman–Crippen LogP) is 5.11. The van der Waals surface area contributed by atoms with Crippen molar-refractivity contribution >= 4 is 13.9 Å². The fraction of sp³-hybridized carbons (Fsp3) is 0.280. The van der Waals surface area contributed by atoms with Gasteiger partial charge in [-0.05, 0) is 54.9 Å². The van der Waals surface area contributed by atoms with Gasteiger partial charge in [-0.3, -0.25) is 0 Å². The van der Waals surface area contributed by atoms with E-state index in [0.29, 0.717) is 8.58 Å². The van der Waals surface area contributed by atoms with E-state index in [1.54, 1.807) is 0 Å². The summed E-state index contributed by atoms with van der Waals surface area (Å²) in [6.07, 6.45) is 0.523. The van der Waals surface area contributed by atoms with Crippen molar-refractivity contribution in [1.29, 1.82) is 0 Å². The van der Waals surface area contributed by atoms with Gasteiger partial charge in [0, 0.05) is 12.3 Å². The van der Waals surface area contributed by atoms with Crippen LogP contribution in [0.2, 0.25) is 0 Å². The number of aliphatic hydroxyl groups is 1. The van der Waals surface area contributed by atoms with E-state index >= 15 is 0 Å². The number of ether oxygens (including phenoxy) is 1. The third kappa shape index (κ3) is 6.40. The average Bonchev–Trinajstić information content (AvgIpc) is 2.74. The Hall–Kier alpha value is -2.19. The minimum Gasteiger partial charge on any atom is -0.491 e. The number of hydrogen-bond donors (Lipinski definition) is 2. The van der Waals surface area contributed by atoms with Gasteiger partial charge in [-0.25, -0.2) is 0 Å². The zero-order chi connectivity index (χ0) is 20.6. The monoisotopic (exact) mass is 407 g/mol. The molecule has 0 saturated carbocycles. The van der Waals surface area contributed by atoms with Crippen LogP contribution in [0, 0.1) is 0 Å². The van der Waals surface area contributed by atoms with Crippen LogP contribution in [0.3, 0.4) is 0 Å². The molecule has 0 aromatic heterocycles. The Labute approximate surface area is 175 Å². The standard InChI is InChI=1S/C25H30NO2P/c1-18(2)28-23-11-7-10-22(16-23)20-12-14-24(15-13-20)29-17-26-19(3)25(27)21-8-5-4-6-9-21/h4-16,18-19,25-27,29H,17H2,1-3H3/t19-,25-/m0/s1. The molecule has 3 aromatic carbocycles. The number of rotatable bonds is 9. The van der Waals surface area contributed by atoms with E-state index < -0.39 is 6.10 Å². The lowest BCUT2D eigenvalue weighted by Crippen LogP contribution is -2.32. The lowest BCUT2D eigenvalue weighted by molar-refractivity contribution is 0.139. The van der Waals surface area contributed by atoms with Crippen LogP contribution in [-0.2, 0) is 0 Å². The van der Waals surface area contributed by atoms with Crippen LogP contribution >= 0.6 is 8.58 Å². The molecule has 1 unspecified atom stereocenters. The van der Waals surface area contributed by atoms with Gasteiger partial charge in [-0.2, -0.15) is 0 Å². The van der Waals surface area contributed by atoms with Crippen molar-refractivity contribution in [1.82, 2.24) is 5.32 Å². The molecule has 152 valence electrons. The van der Waals surface area contributed by atoms with Crippen LogP contribution in [0.5, 0.6) is 5.75 Å². The SMILES string of the molecule is CC(C)Oc1cccc(-c2ccc(PCN[C@@H](C)[C@H](O)c3ccccc3)cc2)c1. The largest absolute Gasteiger partial charge is 0.491 e. The lowest BCUT2D eigenvalue weighted by Gasteiger charge is -2.20. The Balaban J connectivity index is 1.53. The zero-order valence-corrected chi connectivity index (χ0v) is 18.3. The first-order valence-electron chi connectivity index (χ1n) is 10.1. The zero-order valence-electron chi connectivity index (χ0n) is 17.3. The third-order valence-electron chi connectivity index (χ3n) is 4.76. The number of hydrogen-bond acceptors (Lipinski definition) is 3. The molecule has 0 amide bonds. The van der Waals surface area contributed by atoms with E-state index in [4.69, 9.17) is 4.74 Å². The Morgan fingerprint density at radius 1 is 0.862 bits per heavy atom. The summed E-state index contributed by atoms with van der Waals surface area (Å²) in [6.45, 7) is 6.10. The van der Waals surface area contributed by atoms with Gasteiger partial charge in [-0.1, -0.05) is 75.3 Å². The summed E-state index contributed by atoms with van der Waals surface area (Å²) >= 11 is 0. The summed E-state index contributed by atoms with van der Waals surface area (Å²) in [5.74, 6) is 0.901. The van der Waals surface area contributed by atoms with Gasteiger partial charge in [0.2, 0.25) is 0 Å². The van der Waals surface area contributed by atoms with Crippen LogP contribution in [0.15, 0.2) is 78.9 Å². The van der Waals surface area contributed by atoms with Gasteiger partial charge in [0.1, 0.15) is 5.75 Å². The molecule has 0 heterocycles. The van der Waals surface area contributed by atoms with Crippen molar-refractivity contribution in [2.75, 3.05) is 6.29 Å². The molecule has 3 rings (SSSR count). The molecule has 2 N–H and O–H groups in total. The molecule has 3 nitrogen and oxygen atoms in total. The van der Waals surface area contributed by atoms with Crippen molar-refractivity contribution in [2.45, 2.75) is 39.0 Å². The fourth-order valence-electron chi connectivity index (χ4n) is 3.17. The minimum absolute atomic E-state index is 0.00729. The molecular formula is C25H30NO2P. The van der Waals surface area contributed by atoms with Gasteiger partial charge < -0.3 is 15.2 Å². The molecule has 0 saturated heterocycles. The molecule has 0 spiro atoms. The molecule has 0 bridgehead atoms. The highest BCUT2D eigenvalue weighted by Gasteiger charge is 2.15. The summed E-state index contributed by atoms with van der Waals surface area (Å²) in [5, 5.41) is 15.2. The van der Waals surface area contributed by atoms with E-state index in [-0.39, 0.29) is 12.1 Å². The second-order valence-electron chi connectivity index (χ2n) is 7.47. The van der Waals surface area contributed by atoms with E-state index in [1.807, 2.05) is 63.2 Å². The highest BCUT2D eigenvalue weighted by Crippen LogP contribution is 2.25. The second kappa shape index (κ2) is 10.5. The first-order chi connectivity index (χ1) is 14.0. The van der Waals surface area contributed by atoms with Gasteiger partial charge >= 0.3 is 0 Å². The topological polar surface area (TPSA) is 41.5 Å². The van der Waals surface area contributed by atoms with Crippen LogP contribution in [0.25, 0.3) is 11.1 Å². The lowest BCUT2D eigenvalue weighted by atomic mass is 10.0. The first kappa shape index (κ1) is 21.5. The summed E-state index contributed by atoms with van der Waals surface area (Å²) in [5.41, 5.74) is 3.30. The predicted molar refractivity (Wildman–Crippen MR) is 124 cm³/mol. The Bertz CT molecular complexity index is 881. The third-order valence-corrected chi connectivity index (χ3v) is 5.88. The van der Waals surface area contributed by atoms with Crippen molar-refractivity contribution < 1.29 is 9.84 Å². The van der Waals surface area contributed by atoms with Crippen LogP contribution in [0.4, 0.5) is 0 Å². The number of benzene rings is 3. The fourth-order valence-corrected chi connectivity index (χ4v) is 4.20. The van der Waals surface area contributed by atoms with Crippen molar-refractivity contribution in [2.24, 2.45) is 0 Å². The summed E-state index contributed by atoms with van der Waals surface area (Å²) < 4.78 is 5.80. The molecule has 3 atom stereocenters.